The van der Waals surface area contributed by atoms with Crippen LogP contribution in [0.1, 0.15) is 10.5 Å². The van der Waals surface area contributed by atoms with Gasteiger partial charge in [0.05, 0.1) is 16.6 Å². The molecular formula is C15H15Cl2N7O. The number of piperazine rings is 1. The highest BCUT2D eigenvalue weighted by atomic mass is 35.5. The van der Waals surface area contributed by atoms with Crippen molar-refractivity contribution in [2.24, 2.45) is 7.05 Å². The Bertz CT molecular complexity index is 923. The van der Waals surface area contributed by atoms with Gasteiger partial charge in [0.25, 0.3) is 5.91 Å². The molecule has 4 heterocycles. The van der Waals surface area contributed by atoms with Crippen LogP contribution >= 0.6 is 23.2 Å². The highest BCUT2D eigenvalue weighted by Gasteiger charge is 2.25. The van der Waals surface area contributed by atoms with Gasteiger partial charge in [-0.3, -0.25) is 9.48 Å². The lowest BCUT2D eigenvalue weighted by Crippen LogP contribution is -2.49. The van der Waals surface area contributed by atoms with Gasteiger partial charge in [-0.05, 0) is 6.07 Å². The summed E-state index contributed by atoms with van der Waals surface area (Å²) in [6, 6.07) is 1.56. The van der Waals surface area contributed by atoms with Gasteiger partial charge in [0, 0.05) is 33.2 Å². The maximum Gasteiger partial charge on any atom is 0.270 e. The summed E-state index contributed by atoms with van der Waals surface area (Å²) in [5, 5.41) is 5.78. The number of aromatic amines is 1. The van der Waals surface area contributed by atoms with Gasteiger partial charge in [-0.2, -0.15) is 5.10 Å². The van der Waals surface area contributed by atoms with Crippen LogP contribution in [0.3, 0.4) is 0 Å². The van der Waals surface area contributed by atoms with E-state index in [0.29, 0.717) is 36.9 Å². The molecule has 1 amide bonds. The van der Waals surface area contributed by atoms with Crippen LogP contribution in [0.25, 0.3) is 11.0 Å². The molecule has 0 aliphatic carbocycles. The molecule has 1 fully saturated rings. The first-order valence-electron chi connectivity index (χ1n) is 7.75. The van der Waals surface area contributed by atoms with Crippen LogP contribution in [-0.2, 0) is 7.05 Å². The van der Waals surface area contributed by atoms with Crippen molar-refractivity contribution in [3.8, 4) is 0 Å². The summed E-state index contributed by atoms with van der Waals surface area (Å²) < 4.78 is 1.72. The van der Waals surface area contributed by atoms with E-state index in [1.54, 1.807) is 28.2 Å². The molecule has 1 saturated heterocycles. The maximum absolute atomic E-state index is 12.5. The van der Waals surface area contributed by atoms with Crippen LogP contribution in [0.2, 0.25) is 10.2 Å². The second-order valence-corrected chi connectivity index (χ2v) is 6.61. The number of aromatic nitrogens is 5. The summed E-state index contributed by atoms with van der Waals surface area (Å²) in [6.07, 6.45) is 3.31. The Morgan fingerprint density at radius 2 is 1.96 bits per heavy atom. The number of nitrogens with one attached hydrogen (secondary N) is 1. The quantitative estimate of drug-likeness (QED) is 0.735. The predicted molar refractivity (Wildman–Crippen MR) is 95.2 cm³/mol. The Morgan fingerprint density at radius 3 is 2.64 bits per heavy atom. The predicted octanol–water partition coefficient (Wildman–Crippen LogP) is 1.96. The van der Waals surface area contributed by atoms with Gasteiger partial charge in [0.2, 0.25) is 0 Å². The van der Waals surface area contributed by atoms with Gasteiger partial charge in [-0.15, -0.1) is 0 Å². The molecule has 0 unspecified atom stereocenters. The van der Waals surface area contributed by atoms with Gasteiger partial charge in [0.1, 0.15) is 23.0 Å². The fourth-order valence-electron chi connectivity index (χ4n) is 3.01. The third-order valence-electron chi connectivity index (χ3n) is 4.33. The van der Waals surface area contributed by atoms with Crippen LogP contribution in [-0.4, -0.2) is 61.7 Å². The normalized spacial score (nSPS) is 15.2. The number of carbonyl (C=O) groups excluding carboxylic acids is 1. The standard InChI is InChI=1S/C15H15Cl2N7O/c1-22-13-9(7-20-22)14(19-8-18-13)23-2-4-24(5-3-23)15(25)11-6-10(16)12(17)21-11/h6-8,21H,2-5H2,1H3. The van der Waals surface area contributed by atoms with E-state index in [1.165, 1.54) is 0 Å². The largest absolute Gasteiger partial charge is 0.352 e. The third-order valence-corrected chi connectivity index (χ3v) is 5.02. The van der Waals surface area contributed by atoms with Crippen LogP contribution in [0.5, 0.6) is 0 Å². The van der Waals surface area contributed by atoms with Crippen LogP contribution in [0, 0.1) is 0 Å². The Labute approximate surface area is 153 Å². The van der Waals surface area contributed by atoms with Gasteiger partial charge in [-0.1, -0.05) is 23.2 Å². The number of hydrogen-bond donors (Lipinski definition) is 1. The van der Waals surface area contributed by atoms with Gasteiger partial charge in [0.15, 0.2) is 5.65 Å². The van der Waals surface area contributed by atoms with Crippen LogP contribution in [0.15, 0.2) is 18.6 Å². The van der Waals surface area contributed by atoms with E-state index in [2.05, 4.69) is 25.0 Å². The maximum atomic E-state index is 12.5. The summed E-state index contributed by atoms with van der Waals surface area (Å²) in [4.78, 5) is 27.9. The van der Waals surface area contributed by atoms with E-state index >= 15 is 0 Å². The lowest BCUT2D eigenvalue weighted by Gasteiger charge is -2.35. The molecule has 25 heavy (non-hydrogen) atoms. The van der Waals surface area contributed by atoms with Gasteiger partial charge < -0.3 is 14.8 Å². The van der Waals surface area contributed by atoms with Crippen LogP contribution in [0.4, 0.5) is 5.82 Å². The first kappa shape index (κ1) is 16.2. The third kappa shape index (κ3) is 2.81. The summed E-state index contributed by atoms with van der Waals surface area (Å²) >= 11 is 11.8. The van der Waals surface area contributed by atoms with Crippen molar-refractivity contribution in [3.05, 3.63) is 34.5 Å². The zero-order valence-corrected chi connectivity index (χ0v) is 14.9. The van der Waals surface area contributed by atoms with Crippen molar-refractivity contribution in [3.63, 3.8) is 0 Å². The second-order valence-electron chi connectivity index (χ2n) is 5.83. The molecular weight excluding hydrogens is 365 g/mol. The van der Waals surface area contributed by atoms with Crippen molar-refractivity contribution in [2.75, 3.05) is 31.1 Å². The molecule has 3 aromatic rings. The molecule has 0 atom stereocenters. The van der Waals surface area contributed by atoms with E-state index in [4.69, 9.17) is 23.2 Å². The van der Waals surface area contributed by atoms with Gasteiger partial charge >= 0.3 is 0 Å². The molecule has 0 radical (unpaired) electrons. The Kier molecular flexibility index (Phi) is 4.01. The molecule has 130 valence electrons. The number of anilines is 1. The highest BCUT2D eigenvalue weighted by molar-refractivity contribution is 6.41. The van der Waals surface area contributed by atoms with Crippen molar-refractivity contribution in [2.45, 2.75) is 0 Å². The van der Waals surface area contributed by atoms with E-state index < -0.39 is 0 Å². The second kappa shape index (κ2) is 6.20. The average molecular weight is 380 g/mol. The van der Waals surface area contributed by atoms with E-state index in [1.807, 2.05) is 7.05 Å². The number of amides is 1. The number of aryl methyl sites for hydroxylation is 1. The summed E-state index contributed by atoms with van der Waals surface area (Å²) in [5.74, 6) is 0.735. The molecule has 4 rings (SSSR count). The van der Waals surface area contributed by atoms with E-state index in [0.717, 1.165) is 16.9 Å². The zero-order chi connectivity index (χ0) is 17.6. The molecule has 10 heteroatoms. The fourth-order valence-corrected chi connectivity index (χ4v) is 3.33. The molecule has 1 aliphatic rings. The molecule has 0 spiro atoms. The Hall–Kier alpha value is -2.32. The number of H-pyrrole nitrogens is 1. The van der Waals surface area contributed by atoms with Crippen LogP contribution < -0.4 is 4.90 Å². The molecule has 3 aromatic heterocycles. The van der Waals surface area contributed by atoms with Crippen molar-refractivity contribution in [1.82, 2.24) is 29.6 Å². The lowest BCUT2D eigenvalue weighted by atomic mass is 10.2. The van der Waals surface area contributed by atoms with Gasteiger partial charge in [-0.25, -0.2) is 9.97 Å². The van der Waals surface area contributed by atoms with E-state index in [-0.39, 0.29) is 11.1 Å². The highest BCUT2D eigenvalue weighted by Crippen LogP contribution is 2.25. The SMILES string of the molecule is Cn1ncc2c(N3CCN(C(=O)c4cc(Cl)c(Cl)[nH]4)CC3)ncnc21. The number of rotatable bonds is 2. The summed E-state index contributed by atoms with van der Waals surface area (Å²) in [5.41, 5.74) is 1.19. The van der Waals surface area contributed by atoms with Crippen molar-refractivity contribution in [1.29, 1.82) is 0 Å². The van der Waals surface area contributed by atoms with Crippen molar-refractivity contribution < 1.29 is 4.79 Å². The Balaban J connectivity index is 1.50. The number of carbonyl (C=O) groups is 1. The summed E-state index contributed by atoms with van der Waals surface area (Å²) in [6.45, 7) is 2.52. The lowest BCUT2D eigenvalue weighted by molar-refractivity contribution is 0.0741. The molecule has 0 aromatic carbocycles. The number of halogens is 2. The zero-order valence-electron chi connectivity index (χ0n) is 13.4. The fraction of sp³-hybridized carbons (Fsp3) is 0.333. The topological polar surface area (TPSA) is 82.9 Å². The molecule has 0 bridgehead atoms. The minimum atomic E-state index is -0.109. The molecule has 1 N–H and O–H groups in total. The minimum absolute atomic E-state index is 0.109. The van der Waals surface area contributed by atoms with E-state index in [9.17, 15) is 4.79 Å². The number of nitrogens with zero attached hydrogens (tertiary/aromatic N) is 6. The summed E-state index contributed by atoms with van der Waals surface area (Å²) in [7, 11) is 1.85. The minimum Gasteiger partial charge on any atom is -0.352 e. The molecule has 1 aliphatic heterocycles. The monoisotopic (exact) mass is 379 g/mol. The number of fused-ring (bicyclic) bond motifs is 1. The first-order chi connectivity index (χ1) is 12.0. The molecule has 8 nitrogen and oxygen atoms in total. The first-order valence-corrected chi connectivity index (χ1v) is 8.51. The Morgan fingerprint density at radius 1 is 1.20 bits per heavy atom. The van der Waals surface area contributed by atoms with Crippen molar-refractivity contribution >= 4 is 46.0 Å². The number of hydrogen-bond acceptors (Lipinski definition) is 5. The average Bonchev–Trinajstić information content (AvgIpc) is 3.17. The molecule has 0 saturated carbocycles. The smallest absolute Gasteiger partial charge is 0.270 e.